The number of sulfonamides is 1. The number of H-pyrrole nitrogens is 1. The lowest BCUT2D eigenvalue weighted by Gasteiger charge is -2.08. The Balaban J connectivity index is 2.14. The van der Waals surface area contributed by atoms with E-state index in [4.69, 9.17) is 0 Å². The van der Waals surface area contributed by atoms with Crippen molar-refractivity contribution in [3.05, 3.63) is 59.8 Å². The van der Waals surface area contributed by atoms with Crippen molar-refractivity contribution >= 4 is 32.6 Å². The lowest BCUT2D eigenvalue weighted by Crippen LogP contribution is -2.15. The maximum atomic E-state index is 13.4. The number of aromatic amines is 1. The SMILES string of the molecule is O=C(O)c1[nH]c2ccc(F)cc2c1NS(=O)(=O)c1ccc(F)cc1. The van der Waals surface area contributed by atoms with Gasteiger partial charge in [0, 0.05) is 10.9 Å². The van der Waals surface area contributed by atoms with Crippen molar-refractivity contribution in [3.8, 4) is 0 Å². The zero-order valence-electron chi connectivity index (χ0n) is 11.9. The monoisotopic (exact) mass is 352 g/mol. The zero-order valence-corrected chi connectivity index (χ0v) is 12.7. The van der Waals surface area contributed by atoms with E-state index in [0.717, 1.165) is 36.4 Å². The van der Waals surface area contributed by atoms with E-state index in [-0.39, 0.29) is 21.5 Å². The van der Waals surface area contributed by atoms with Crippen molar-refractivity contribution in [2.24, 2.45) is 0 Å². The molecule has 124 valence electrons. The summed E-state index contributed by atoms with van der Waals surface area (Å²) in [4.78, 5) is 13.6. The van der Waals surface area contributed by atoms with Gasteiger partial charge in [-0.05, 0) is 42.5 Å². The van der Waals surface area contributed by atoms with Gasteiger partial charge in [-0.15, -0.1) is 0 Å². The molecule has 0 aliphatic carbocycles. The van der Waals surface area contributed by atoms with E-state index in [1.807, 2.05) is 0 Å². The summed E-state index contributed by atoms with van der Waals surface area (Å²) in [7, 11) is -4.18. The zero-order chi connectivity index (χ0) is 17.5. The molecular weight excluding hydrogens is 342 g/mol. The quantitative estimate of drug-likeness (QED) is 0.672. The molecule has 0 fully saturated rings. The van der Waals surface area contributed by atoms with E-state index in [0.29, 0.717) is 0 Å². The van der Waals surface area contributed by atoms with Gasteiger partial charge in [-0.3, -0.25) is 4.72 Å². The van der Waals surface area contributed by atoms with Crippen LogP contribution in [-0.4, -0.2) is 24.5 Å². The van der Waals surface area contributed by atoms with E-state index >= 15 is 0 Å². The molecule has 6 nitrogen and oxygen atoms in total. The van der Waals surface area contributed by atoms with Crippen LogP contribution in [0.2, 0.25) is 0 Å². The fourth-order valence-electron chi connectivity index (χ4n) is 2.24. The number of halogens is 2. The Morgan fingerprint density at radius 3 is 2.29 bits per heavy atom. The van der Waals surface area contributed by atoms with Gasteiger partial charge in [0.15, 0.2) is 0 Å². The molecule has 1 aromatic heterocycles. The molecule has 24 heavy (non-hydrogen) atoms. The molecule has 0 bridgehead atoms. The van der Waals surface area contributed by atoms with Crippen LogP contribution in [0.1, 0.15) is 10.5 Å². The normalized spacial score (nSPS) is 11.6. The van der Waals surface area contributed by atoms with Crippen LogP contribution in [0, 0.1) is 11.6 Å². The van der Waals surface area contributed by atoms with E-state index in [1.54, 1.807) is 0 Å². The third kappa shape index (κ3) is 2.81. The number of fused-ring (bicyclic) bond motifs is 1. The summed E-state index contributed by atoms with van der Waals surface area (Å²) >= 11 is 0. The van der Waals surface area contributed by atoms with Gasteiger partial charge in [-0.25, -0.2) is 22.0 Å². The highest BCUT2D eigenvalue weighted by Crippen LogP contribution is 2.30. The number of aromatic nitrogens is 1. The molecule has 0 aliphatic heterocycles. The van der Waals surface area contributed by atoms with Crippen LogP contribution in [0.25, 0.3) is 10.9 Å². The number of carboxylic acids is 1. The van der Waals surface area contributed by atoms with E-state index in [9.17, 15) is 27.1 Å². The highest BCUT2D eigenvalue weighted by atomic mass is 32.2. The van der Waals surface area contributed by atoms with Gasteiger partial charge < -0.3 is 10.1 Å². The van der Waals surface area contributed by atoms with Crippen molar-refractivity contribution in [3.63, 3.8) is 0 Å². The fraction of sp³-hybridized carbons (Fsp3) is 0. The number of rotatable bonds is 4. The first-order valence-corrected chi connectivity index (χ1v) is 8.09. The number of anilines is 1. The molecule has 0 aliphatic rings. The molecule has 1 heterocycles. The summed E-state index contributed by atoms with van der Waals surface area (Å²) in [6, 6.07) is 7.42. The van der Waals surface area contributed by atoms with Gasteiger partial charge in [0.25, 0.3) is 10.0 Å². The molecule has 0 radical (unpaired) electrons. The van der Waals surface area contributed by atoms with Crippen molar-refractivity contribution in [2.75, 3.05) is 4.72 Å². The number of aromatic carboxylic acids is 1. The molecule has 0 amide bonds. The molecule has 0 atom stereocenters. The highest BCUT2D eigenvalue weighted by molar-refractivity contribution is 7.92. The first-order chi connectivity index (χ1) is 11.3. The van der Waals surface area contributed by atoms with Crippen LogP contribution in [0.3, 0.4) is 0 Å². The second-order valence-corrected chi connectivity index (χ2v) is 6.61. The highest BCUT2D eigenvalue weighted by Gasteiger charge is 2.23. The molecular formula is C15H10F2N2O4S. The molecule has 0 saturated heterocycles. The summed E-state index contributed by atoms with van der Waals surface area (Å²) in [5.41, 5.74) is -0.465. The number of carboxylic acid groups (broad SMARTS) is 1. The molecule has 3 N–H and O–H groups in total. The Labute approximate surface area is 134 Å². The van der Waals surface area contributed by atoms with Crippen LogP contribution in [0.4, 0.5) is 14.5 Å². The minimum absolute atomic E-state index is 0.0677. The van der Waals surface area contributed by atoms with Crippen LogP contribution in [0.5, 0.6) is 0 Å². The number of nitrogens with one attached hydrogen (secondary N) is 2. The van der Waals surface area contributed by atoms with Gasteiger partial charge in [-0.1, -0.05) is 0 Å². The molecule has 0 unspecified atom stereocenters. The van der Waals surface area contributed by atoms with E-state index < -0.39 is 33.3 Å². The molecule has 3 aromatic rings. The largest absolute Gasteiger partial charge is 0.477 e. The van der Waals surface area contributed by atoms with Gasteiger partial charge in [-0.2, -0.15) is 0 Å². The van der Waals surface area contributed by atoms with Crippen molar-refractivity contribution < 1.29 is 27.1 Å². The third-order valence-corrected chi connectivity index (χ3v) is 4.70. The molecule has 9 heteroatoms. The van der Waals surface area contributed by atoms with Gasteiger partial charge in [0.2, 0.25) is 0 Å². The maximum Gasteiger partial charge on any atom is 0.354 e. The Hall–Kier alpha value is -2.94. The summed E-state index contributed by atoms with van der Waals surface area (Å²) < 4.78 is 53.3. The van der Waals surface area contributed by atoms with Crippen molar-refractivity contribution in [1.82, 2.24) is 4.98 Å². The number of hydrogen-bond donors (Lipinski definition) is 3. The number of carbonyl (C=O) groups is 1. The summed E-state index contributed by atoms with van der Waals surface area (Å²) in [5.74, 6) is -2.68. The predicted molar refractivity (Wildman–Crippen MR) is 82.4 cm³/mol. The topological polar surface area (TPSA) is 99.3 Å². The van der Waals surface area contributed by atoms with Crippen LogP contribution in [-0.2, 0) is 10.0 Å². The standard InChI is InChI=1S/C15H10F2N2O4S/c16-8-1-4-10(5-2-8)24(22,23)19-13-11-7-9(17)3-6-12(11)18-14(13)15(20)21/h1-7,18-19H,(H,20,21). The minimum Gasteiger partial charge on any atom is -0.477 e. The van der Waals surface area contributed by atoms with Crippen LogP contribution in [0.15, 0.2) is 47.4 Å². The Morgan fingerprint density at radius 2 is 1.67 bits per heavy atom. The molecule has 3 rings (SSSR count). The summed E-state index contributed by atoms with van der Waals surface area (Å²) in [6.07, 6.45) is 0. The Morgan fingerprint density at radius 1 is 1.04 bits per heavy atom. The second kappa shape index (κ2) is 5.60. The van der Waals surface area contributed by atoms with Gasteiger partial charge in [0.05, 0.1) is 10.6 Å². The number of hydrogen-bond acceptors (Lipinski definition) is 3. The van der Waals surface area contributed by atoms with Crippen LogP contribution < -0.4 is 4.72 Å². The lowest BCUT2D eigenvalue weighted by atomic mass is 10.2. The fourth-order valence-corrected chi connectivity index (χ4v) is 3.33. The second-order valence-electron chi connectivity index (χ2n) is 4.93. The summed E-state index contributed by atoms with van der Waals surface area (Å²) in [6.45, 7) is 0. The average Bonchev–Trinajstić information content (AvgIpc) is 2.85. The minimum atomic E-state index is -4.18. The summed E-state index contributed by atoms with van der Waals surface area (Å²) in [5, 5.41) is 9.30. The van der Waals surface area contributed by atoms with Crippen molar-refractivity contribution in [1.29, 1.82) is 0 Å². The first-order valence-electron chi connectivity index (χ1n) is 6.61. The lowest BCUT2D eigenvalue weighted by molar-refractivity contribution is 0.0692. The van der Waals surface area contributed by atoms with E-state index in [2.05, 4.69) is 9.71 Å². The van der Waals surface area contributed by atoms with E-state index in [1.165, 1.54) is 6.07 Å². The van der Waals surface area contributed by atoms with Crippen LogP contribution >= 0.6 is 0 Å². The predicted octanol–water partition coefficient (Wildman–Crippen LogP) is 2.95. The third-order valence-electron chi connectivity index (χ3n) is 3.33. The smallest absolute Gasteiger partial charge is 0.354 e. The Bertz CT molecular complexity index is 1040. The molecule has 0 saturated carbocycles. The Kier molecular flexibility index (Phi) is 3.72. The number of benzene rings is 2. The maximum absolute atomic E-state index is 13.4. The van der Waals surface area contributed by atoms with Crippen molar-refractivity contribution in [2.45, 2.75) is 4.90 Å². The first kappa shape index (κ1) is 15.9. The molecule has 2 aromatic carbocycles. The molecule has 0 spiro atoms. The average molecular weight is 352 g/mol. The van der Waals surface area contributed by atoms with Gasteiger partial charge in [0.1, 0.15) is 17.3 Å². The van der Waals surface area contributed by atoms with Gasteiger partial charge >= 0.3 is 5.97 Å².